The van der Waals surface area contributed by atoms with Crippen molar-refractivity contribution in [2.24, 2.45) is 0 Å². The molecule has 1 saturated heterocycles. The van der Waals surface area contributed by atoms with Gasteiger partial charge in [0.15, 0.2) is 11.5 Å². The molecule has 1 aliphatic rings. The summed E-state index contributed by atoms with van der Waals surface area (Å²) in [5.41, 5.74) is 2.15. The number of methoxy groups -OCH3 is 1. The molecule has 1 fully saturated rings. The van der Waals surface area contributed by atoms with Crippen LogP contribution in [0, 0.1) is 0 Å². The summed E-state index contributed by atoms with van der Waals surface area (Å²) < 4.78 is 11.5. The van der Waals surface area contributed by atoms with Crippen LogP contribution in [0.4, 0.5) is 0 Å². The van der Waals surface area contributed by atoms with Crippen LogP contribution < -0.4 is 14.8 Å². The molecule has 0 radical (unpaired) electrons. The summed E-state index contributed by atoms with van der Waals surface area (Å²) >= 11 is 6.20. The predicted octanol–water partition coefficient (Wildman–Crippen LogP) is 5.35. The van der Waals surface area contributed by atoms with E-state index in [0.717, 1.165) is 36.7 Å². The van der Waals surface area contributed by atoms with Gasteiger partial charge in [-0.3, -0.25) is 4.90 Å². The van der Waals surface area contributed by atoms with E-state index >= 15 is 0 Å². The highest BCUT2D eigenvalue weighted by atomic mass is 35.5. The number of nitrogens with one attached hydrogen (secondary N) is 1. The molecular weight excluding hydrogens is 431 g/mol. The van der Waals surface area contributed by atoms with Crippen molar-refractivity contribution in [2.45, 2.75) is 39.0 Å². The Morgan fingerprint density at radius 3 is 2.66 bits per heavy atom. The lowest BCUT2D eigenvalue weighted by atomic mass is 10.1. The molecule has 1 N–H and O–H groups in total. The van der Waals surface area contributed by atoms with E-state index in [2.05, 4.69) is 23.2 Å². The van der Waals surface area contributed by atoms with Crippen molar-refractivity contribution in [3.8, 4) is 11.5 Å². The molecule has 4 nitrogen and oxygen atoms in total. The molecule has 1 heterocycles. The minimum atomic E-state index is 0. The maximum absolute atomic E-state index is 6.20. The number of benzene rings is 2. The van der Waals surface area contributed by atoms with E-state index in [9.17, 15) is 0 Å². The molecule has 0 amide bonds. The summed E-state index contributed by atoms with van der Waals surface area (Å²) in [5, 5.41) is 4.30. The number of nitrogens with zero attached hydrogens (tertiary/aromatic N) is 1. The third-order valence-electron chi connectivity index (χ3n) is 5.18. The fourth-order valence-corrected chi connectivity index (χ4v) is 3.83. The number of likely N-dealkylation sites (tertiary alicyclic amines) is 1. The second-order valence-corrected chi connectivity index (χ2v) is 7.33. The zero-order valence-electron chi connectivity index (χ0n) is 17.0. The fourth-order valence-electron chi connectivity index (χ4n) is 3.64. The average molecular weight is 462 g/mol. The second-order valence-electron chi connectivity index (χ2n) is 6.92. The van der Waals surface area contributed by atoms with E-state index in [1.54, 1.807) is 7.11 Å². The lowest BCUT2D eigenvalue weighted by molar-refractivity contribution is 0.260. The molecule has 162 valence electrons. The third-order valence-corrected chi connectivity index (χ3v) is 5.55. The molecule has 1 aliphatic heterocycles. The molecule has 1 atom stereocenters. The first-order chi connectivity index (χ1) is 13.2. The maximum atomic E-state index is 6.20. The van der Waals surface area contributed by atoms with Crippen LogP contribution in [-0.2, 0) is 13.2 Å². The Morgan fingerprint density at radius 1 is 1.14 bits per heavy atom. The Morgan fingerprint density at radius 2 is 1.93 bits per heavy atom. The Hall–Kier alpha value is -1.17. The summed E-state index contributed by atoms with van der Waals surface area (Å²) in [6, 6.07) is 14.5. The first-order valence-electron chi connectivity index (χ1n) is 9.69. The largest absolute Gasteiger partial charge is 0.493 e. The molecule has 2 aromatic carbocycles. The lowest BCUT2D eigenvalue weighted by Gasteiger charge is -2.23. The summed E-state index contributed by atoms with van der Waals surface area (Å²) in [7, 11) is 1.67. The van der Waals surface area contributed by atoms with Crippen LogP contribution >= 0.6 is 36.4 Å². The molecule has 0 saturated carbocycles. The van der Waals surface area contributed by atoms with Gasteiger partial charge in [0, 0.05) is 29.7 Å². The van der Waals surface area contributed by atoms with E-state index in [0.29, 0.717) is 17.7 Å². The van der Waals surface area contributed by atoms with Crippen molar-refractivity contribution in [3.05, 3.63) is 58.6 Å². The van der Waals surface area contributed by atoms with Crippen LogP contribution in [0.2, 0.25) is 5.02 Å². The molecule has 0 spiro atoms. The Bertz CT molecular complexity index is 746. The van der Waals surface area contributed by atoms with Crippen molar-refractivity contribution in [1.82, 2.24) is 10.2 Å². The number of ether oxygens (including phenoxy) is 2. The van der Waals surface area contributed by atoms with Crippen molar-refractivity contribution in [3.63, 3.8) is 0 Å². The van der Waals surface area contributed by atoms with Crippen LogP contribution in [0.15, 0.2) is 42.5 Å². The predicted molar refractivity (Wildman–Crippen MR) is 125 cm³/mol. The van der Waals surface area contributed by atoms with Gasteiger partial charge in [0.1, 0.15) is 6.61 Å². The first-order valence-corrected chi connectivity index (χ1v) is 10.1. The first kappa shape index (κ1) is 25.9. The van der Waals surface area contributed by atoms with E-state index in [4.69, 9.17) is 21.1 Å². The van der Waals surface area contributed by atoms with Crippen molar-refractivity contribution in [1.29, 1.82) is 0 Å². The van der Waals surface area contributed by atoms with Gasteiger partial charge in [-0.25, -0.2) is 0 Å². The summed E-state index contributed by atoms with van der Waals surface area (Å²) in [4.78, 5) is 2.55. The minimum Gasteiger partial charge on any atom is -0.493 e. The molecule has 29 heavy (non-hydrogen) atoms. The molecule has 0 bridgehead atoms. The summed E-state index contributed by atoms with van der Waals surface area (Å²) in [6.07, 6.45) is 2.60. The van der Waals surface area contributed by atoms with Crippen LogP contribution in [0.1, 0.15) is 30.9 Å². The number of hydrogen-bond donors (Lipinski definition) is 1. The standard InChI is InChI=1S/C22H29ClN2O2.2ClH/c1-3-25-12-6-8-19(25)15-24-14-17-10-11-21(22(13-17)26-2)27-16-18-7-4-5-9-20(18)23;;/h4-5,7,9-11,13,19,24H,3,6,8,12,14-16H2,1-2H3;2*1H. The molecule has 0 aromatic heterocycles. The zero-order valence-corrected chi connectivity index (χ0v) is 19.4. The zero-order chi connectivity index (χ0) is 19.1. The topological polar surface area (TPSA) is 33.7 Å². The monoisotopic (exact) mass is 460 g/mol. The highest BCUT2D eigenvalue weighted by Crippen LogP contribution is 2.29. The Labute approximate surface area is 191 Å². The molecule has 1 unspecified atom stereocenters. The normalized spacial score (nSPS) is 16.0. The van der Waals surface area contributed by atoms with Gasteiger partial charge in [0.05, 0.1) is 7.11 Å². The van der Waals surface area contributed by atoms with Crippen LogP contribution in [0.25, 0.3) is 0 Å². The SMILES string of the molecule is CCN1CCCC1CNCc1ccc(OCc2ccccc2Cl)c(OC)c1.Cl.Cl. The molecule has 3 rings (SSSR count). The third kappa shape index (κ3) is 7.23. The molecule has 7 heteroatoms. The lowest BCUT2D eigenvalue weighted by Crippen LogP contribution is -2.37. The quantitative estimate of drug-likeness (QED) is 0.546. The van der Waals surface area contributed by atoms with Crippen molar-refractivity contribution < 1.29 is 9.47 Å². The number of likely N-dealkylation sites (N-methyl/N-ethyl adjacent to an activating group) is 1. The molecule has 2 aromatic rings. The van der Waals surface area contributed by atoms with Gasteiger partial charge >= 0.3 is 0 Å². The molecule has 0 aliphatic carbocycles. The number of halogens is 3. The number of hydrogen-bond acceptors (Lipinski definition) is 4. The highest BCUT2D eigenvalue weighted by molar-refractivity contribution is 6.31. The van der Waals surface area contributed by atoms with Crippen molar-refractivity contribution in [2.75, 3.05) is 26.7 Å². The van der Waals surface area contributed by atoms with Gasteiger partial charge in [0.2, 0.25) is 0 Å². The van der Waals surface area contributed by atoms with Crippen LogP contribution in [-0.4, -0.2) is 37.7 Å². The summed E-state index contributed by atoms with van der Waals surface area (Å²) in [6.45, 7) is 6.88. The van der Waals surface area contributed by atoms with Gasteiger partial charge < -0.3 is 14.8 Å². The number of rotatable bonds is 9. The van der Waals surface area contributed by atoms with Gasteiger partial charge in [-0.2, -0.15) is 0 Å². The van der Waals surface area contributed by atoms with Crippen LogP contribution in [0.3, 0.4) is 0 Å². The Balaban J connectivity index is 0.00000210. The van der Waals surface area contributed by atoms with Gasteiger partial charge in [-0.05, 0) is 49.7 Å². The van der Waals surface area contributed by atoms with Gasteiger partial charge in [0.25, 0.3) is 0 Å². The highest BCUT2D eigenvalue weighted by Gasteiger charge is 2.22. The van der Waals surface area contributed by atoms with E-state index in [1.807, 2.05) is 36.4 Å². The molecular formula is C22H31Cl3N2O2. The average Bonchev–Trinajstić information content (AvgIpc) is 3.15. The second kappa shape index (κ2) is 13.2. The van der Waals surface area contributed by atoms with E-state index < -0.39 is 0 Å². The van der Waals surface area contributed by atoms with Crippen molar-refractivity contribution >= 4 is 36.4 Å². The smallest absolute Gasteiger partial charge is 0.161 e. The van der Waals surface area contributed by atoms with Crippen LogP contribution in [0.5, 0.6) is 11.5 Å². The summed E-state index contributed by atoms with van der Waals surface area (Å²) in [5.74, 6) is 1.48. The van der Waals surface area contributed by atoms with Gasteiger partial charge in [-0.15, -0.1) is 24.8 Å². The van der Waals surface area contributed by atoms with E-state index in [1.165, 1.54) is 24.9 Å². The van der Waals surface area contributed by atoms with Gasteiger partial charge in [-0.1, -0.05) is 42.8 Å². The Kier molecular flexibility index (Phi) is 11.8. The fraction of sp³-hybridized carbons (Fsp3) is 0.455. The minimum absolute atomic E-state index is 0. The maximum Gasteiger partial charge on any atom is 0.161 e. The van der Waals surface area contributed by atoms with E-state index in [-0.39, 0.29) is 24.8 Å².